The van der Waals surface area contributed by atoms with Gasteiger partial charge in [0.05, 0.1) is 10.9 Å². The molecule has 1 heterocycles. The van der Waals surface area contributed by atoms with Gasteiger partial charge in [0.1, 0.15) is 10.3 Å². The second-order valence-electron chi connectivity index (χ2n) is 2.92. The van der Waals surface area contributed by atoms with Crippen molar-refractivity contribution in [2.75, 3.05) is 7.11 Å². The molecule has 0 radical (unpaired) electrons. The number of methoxy groups -OCH3 is 1. The highest BCUT2D eigenvalue weighted by Crippen LogP contribution is 2.25. The van der Waals surface area contributed by atoms with Crippen LogP contribution in [0.25, 0.3) is 0 Å². The largest absolute Gasteiger partial charge is 0.468 e. The van der Waals surface area contributed by atoms with Crippen LogP contribution < -0.4 is 4.72 Å². The summed E-state index contributed by atoms with van der Waals surface area (Å²) in [6, 6.07) is 2.18. The van der Waals surface area contributed by atoms with Crippen LogP contribution in [0.5, 0.6) is 0 Å². The second kappa shape index (κ2) is 5.26. The van der Waals surface area contributed by atoms with E-state index in [0.717, 1.165) is 11.3 Å². The zero-order valence-corrected chi connectivity index (χ0v) is 11.8. The molecule has 0 aliphatic rings. The number of nitrogens with one attached hydrogen (secondary N) is 1. The Bertz CT molecular complexity index is 482. The van der Waals surface area contributed by atoms with E-state index < -0.39 is 22.0 Å². The molecule has 0 aromatic carbocycles. The summed E-state index contributed by atoms with van der Waals surface area (Å²) in [5, 5.41) is 0. The van der Waals surface area contributed by atoms with Gasteiger partial charge in [0.15, 0.2) is 0 Å². The number of carbonyl (C=O) groups excluding carboxylic acids is 1. The Labute approximate surface area is 106 Å². The Morgan fingerprint density at radius 3 is 2.62 bits per heavy atom. The molecule has 0 saturated heterocycles. The minimum absolute atomic E-state index is 0.148. The van der Waals surface area contributed by atoms with Gasteiger partial charge < -0.3 is 4.74 Å². The maximum Gasteiger partial charge on any atom is 0.323 e. The van der Waals surface area contributed by atoms with Crippen LogP contribution in [0.15, 0.2) is 20.1 Å². The molecule has 0 bridgehead atoms. The molecule has 90 valence electrons. The van der Waals surface area contributed by atoms with Gasteiger partial charge >= 0.3 is 5.97 Å². The van der Waals surface area contributed by atoms with E-state index in [4.69, 9.17) is 0 Å². The van der Waals surface area contributed by atoms with Gasteiger partial charge in [-0.05, 0) is 35.0 Å². The van der Waals surface area contributed by atoms with Gasteiger partial charge in [-0.2, -0.15) is 4.72 Å². The minimum atomic E-state index is -3.66. The predicted molar refractivity (Wildman–Crippen MR) is 63.8 cm³/mol. The van der Waals surface area contributed by atoms with Gasteiger partial charge in [0.2, 0.25) is 0 Å². The monoisotopic (exact) mass is 327 g/mol. The van der Waals surface area contributed by atoms with Gasteiger partial charge in [-0.25, -0.2) is 8.42 Å². The lowest BCUT2D eigenvalue weighted by Crippen LogP contribution is -2.38. The fourth-order valence-electron chi connectivity index (χ4n) is 0.958. The average Bonchev–Trinajstić information content (AvgIpc) is 2.63. The number of ether oxygens (including phenoxy) is 1. The Kier molecular flexibility index (Phi) is 4.48. The molecule has 0 spiro atoms. The fourth-order valence-corrected chi connectivity index (χ4v) is 4.18. The van der Waals surface area contributed by atoms with Gasteiger partial charge in [0, 0.05) is 0 Å². The Morgan fingerprint density at radius 2 is 2.19 bits per heavy atom. The van der Waals surface area contributed by atoms with Crippen LogP contribution in [0.1, 0.15) is 6.92 Å². The van der Waals surface area contributed by atoms with Crippen LogP contribution >= 0.6 is 27.3 Å². The molecule has 0 aliphatic heterocycles. The zero-order chi connectivity index (χ0) is 12.3. The highest BCUT2D eigenvalue weighted by atomic mass is 79.9. The summed E-state index contributed by atoms with van der Waals surface area (Å²) in [5.74, 6) is -0.626. The molecular formula is C8H10BrNO4S2. The summed E-state index contributed by atoms with van der Waals surface area (Å²) in [6.45, 7) is 1.42. The van der Waals surface area contributed by atoms with Crippen molar-refractivity contribution < 1.29 is 17.9 Å². The summed E-state index contributed by atoms with van der Waals surface area (Å²) in [4.78, 5) is 11.1. The maximum atomic E-state index is 11.7. The van der Waals surface area contributed by atoms with E-state index in [0.29, 0.717) is 3.79 Å². The summed E-state index contributed by atoms with van der Waals surface area (Å²) in [6.07, 6.45) is 0. The molecule has 0 amide bonds. The lowest BCUT2D eigenvalue weighted by atomic mass is 10.4. The van der Waals surface area contributed by atoms with Gasteiger partial charge in [-0.3, -0.25) is 4.79 Å². The molecule has 1 aromatic rings. The standard InChI is InChI=1S/C8H10BrNO4S2/c1-5(8(11)14-2)10-16(12,13)7-4-3-6(9)15-7/h3-5,10H,1-2H3/t5-/m0/s1. The van der Waals surface area contributed by atoms with Crippen molar-refractivity contribution in [1.82, 2.24) is 4.72 Å². The summed E-state index contributed by atoms with van der Waals surface area (Å²) < 4.78 is 31.0. The van der Waals surface area contributed by atoms with E-state index >= 15 is 0 Å². The highest BCUT2D eigenvalue weighted by molar-refractivity contribution is 9.11. The molecule has 0 fully saturated rings. The van der Waals surface area contributed by atoms with Crippen molar-refractivity contribution in [2.24, 2.45) is 0 Å². The second-order valence-corrected chi connectivity index (χ2v) is 7.33. The van der Waals surface area contributed by atoms with Crippen LogP contribution in [-0.2, 0) is 19.6 Å². The summed E-state index contributed by atoms with van der Waals surface area (Å²) >= 11 is 4.24. The van der Waals surface area contributed by atoms with Crippen LogP contribution in [-0.4, -0.2) is 27.5 Å². The third-order valence-electron chi connectivity index (χ3n) is 1.70. The fraction of sp³-hybridized carbons (Fsp3) is 0.375. The molecule has 1 rings (SSSR count). The number of hydrogen-bond acceptors (Lipinski definition) is 5. The van der Waals surface area contributed by atoms with E-state index in [1.165, 1.54) is 20.1 Å². The van der Waals surface area contributed by atoms with E-state index in [1.54, 1.807) is 6.07 Å². The quantitative estimate of drug-likeness (QED) is 0.847. The topological polar surface area (TPSA) is 72.5 Å². The molecule has 1 aromatic heterocycles. The van der Waals surface area contributed by atoms with Crippen LogP contribution in [0, 0.1) is 0 Å². The van der Waals surface area contributed by atoms with Crippen molar-refractivity contribution in [2.45, 2.75) is 17.2 Å². The maximum absolute atomic E-state index is 11.7. The van der Waals surface area contributed by atoms with Crippen molar-refractivity contribution in [3.8, 4) is 0 Å². The van der Waals surface area contributed by atoms with E-state index in [-0.39, 0.29) is 4.21 Å². The van der Waals surface area contributed by atoms with Gasteiger partial charge in [0.25, 0.3) is 10.0 Å². The molecule has 0 aliphatic carbocycles. The first kappa shape index (κ1) is 13.6. The third kappa shape index (κ3) is 3.27. The van der Waals surface area contributed by atoms with E-state index in [2.05, 4.69) is 25.4 Å². The molecule has 5 nitrogen and oxygen atoms in total. The molecule has 1 atom stereocenters. The Hall–Kier alpha value is -0.440. The van der Waals surface area contributed by atoms with Crippen molar-refractivity contribution in [3.05, 3.63) is 15.9 Å². The number of sulfonamides is 1. The Morgan fingerprint density at radius 1 is 1.56 bits per heavy atom. The molecular weight excluding hydrogens is 318 g/mol. The van der Waals surface area contributed by atoms with Crippen LogP contribution in [0.3, 0.4) is 0 Å². The summed E-state index contributed by atoms with van der Waals surface area (Å²) in [7, 11) is -2.45. The lowest BCUT2D eigenvalue weighted by molar-refractivity contribution is -0.142. The first-order valence-corrected chi connectivity index (χ1v) is 7.31. The van der Waals surface area contributed by atoms with Crippen LogP contribution in [0.4, 0.5) is 0 Å². The number of carbonyl (C=O) groups is 1. The van der Waals surface area contributed by atoms with Gasteiger partial charge in [-0.1, -0.05) is 0 Å². The van der Waals surface area contributed by atoms with Crippen molar-refractivity contribution in [3.63, 3.8) is 0 Å². The molecule has 0 saturated carbocycles. The Balaban J connectivity index is 2.84. The molecule has 0 unspecified atom stereocenters. The number of rotatable bonds is 4. The molecule has 1 N–H and O–H groups in total. The van der Waals surface area contributed by atoms with Gasteiger partial charge in [-0.15, -0.1) is 11.3 Å². The smallest absolute Gasteiger partial charge is 0.323 e. The lowest BCUT2D eigenvalue weighted by Gasteiger charge is -2.10. The van der Waals surface area contributed by atoms with Crippen LogP contribution in [0.2, 0.25) is 0 Å². The molecule has 8 heteroatoms. The number of esters is 1. The minimum Gasteiger partial charge on any atom is -0.468 e. The molecule has 16 heavy (non-hydrogen) atoms. The number of halogens is 1. The third-order valence-corrected chi connectivity index (χ3v) is 5.36. The number of hydrogen-bond donors (Lipinski definition) is 1. The average molecular weight is 328 g/mol. The first-order chi connectivity index (χ1) is 7.36. The highest BCUT2D eigenvalue weighted by Gasteiger charge is 2.23. The normalized spacial score (nSPS) is 13.4. The van der Waals surface area contributed by atoms with E-state index in [1.807, 2.05) is 0 Å². The van der Waals surface area contributed by atoms with Crippen molar-refractivity contribution in [1.29, 1.82) is 0 Å². The summed E-state index contributed by atoms with van der Waals surface area (Å²) in [5.41, 5.74) is 0. The zero-order valence-electron chi connectivity index (χ0n) is 8.56. The SMILES string of the molecule is COC(=O)[C@H](C)NS(=O)(=O)c1ccc(Br)s1. The van der Waals surface area contributed by atoms with E-state index in [9.17, 15) is 13.2 Å². The predicted octanol–water partition coefficient (Wildman–Crippen LogP) is 1.35. The first-order valence-electron chi connectivity index (χ1n) is 4.22. The number of thiophene rings is 1. The van der Waals surface area contributed by atoms with Crippen molar-refractivity contribution >= 4 is 43.3 Å².